The molecule has 3 unspecified atom stereocenters. The monoisotopic (exact) mass is 636 g/mol. The number of benzene rings is 2. The Hall–Kier alpha value is -4.67. The van der Waals surface area contributed by atoms with E-state index in [0.717, 1.165) is 11.1 Å². The number of rotatable bonds is 13. The lowest BCUT2D eigenvalue weighted by molar-refractivity contribution is -0.159. The van der Waals surface area contributed by atoms with E-state index in [1.54, 1.807) is 54.5 Å². The average molecular weight is 637 g/mol. The predicted octanol–water partition coefficient (Wildman–Crippen LogP) is 4.20. The first-order valence-electron chi connectivity index (χ1n) is 15.1. The molecule has 3 atom stereocenters. The van der Waals surface area contributed by atoms with Gasteiger partial charge in [-0.05, 0) is 72.1 Å². The molecule has 0 spiro atoms. The summed E-state index contributed by atoms with van der Waals surface area (Å²) in [5, 5.41) is 5.27. The van der Waals surface area contributed by atoms with E-state index in [1.807, 2.05) is 49.4 Å². The van der Waals surface area contributed by atoms with Crippen molar-refractivity contribution in [3.63, 3.8) is 0 Å². The minimum atomic E-state index is -1.46. The van der Waals surface area contributed by atoms with E-state index >= 15 is 0 Å². The van der Waals surface area contributed by atoms with Crippen LogP contribution in [0.3, 0.4) is 0 Å². The van der Waals surface area contributed by atoms with E-state index in [9.17, 15) is 24.0 Å². The Kier molecular flexibility index (Phi) is 13.1. The Morgan fingerprint density at radius 1 is 0.891 bits per heavy atom. The van der Waals surface area contributed by atoms with Crippen LogP contribution >= 0.6 is 0 Å². The van der Waals surface area contributed by atoms with Gasteiger partial charge in [-0.2, -0.15) is 0 Å². The van der Waals surface area contributed by atoms with Gasteiger partial charge in [0.05, 0.1) is 6.42 Å². The van der Waals surface area contributed by atoms with Gasteiger partial charge in [-0.25, -0.2) is 9.59 Å². The van der Waals surface area contributed by atoms with E-state index in [4.69, 9.17) is 15.2 Å². The van der Waals surface area contributed by atoms with Gasteiger partial charge in [-0.3, -0.25) is 14.4 Å². The summed E-state index contributed by atoms with van der Waals surface area (Å²) in [6, 6.07) is 10.7. The molecule has 2 aromatic carbocycles. The molecular weight excluding hydrogens is 588 g/mol. The van der Waals surface area contributed by atoms with Gasteiger partial charge >= 0.3 is 12.1 Å². The van der Waals surface area contributed by atoms with Crippen molar-refractivity contribution in [1.82, 2.24) is 15.5 Å². The normalized spacial score (nSPS) is 13.4. The van der Waals surface area contributed by atoms with E-state index in [0.29, 0.717) is 11.1 Å². The third kappa shape index (κ3) is 12.0. The molecule has 0 aromatic heterocycles. The highest BCUT2D eigenvalue weighted by atomic mass is 16.6. The maximum Gasteiger partial charge on any atom is 0.408 e. The highest BCUT2D eigenvalue weighted by molar-refractivity contribution is 5.96. The molecule has 0 bridgehead atoms. The van der Waals surface area contributed by atoms with Crippen LogP contribution in [-0.4, -0.2) is 64.5 Å². The highest BCUT2D eigenvalue weighted by Crippen LogP contribution is 2.28. The summed E-state index contributed by atoms with van der Waals surface area (Å²) in [6.07, 6.45) is 0.0571. The molecule has 0 fully saturated rings. The van der Waals surface area contributed by atoms with Crippen LogP contribution in [0.15, 0.2) is 61.2 Å². The minimum Gasteiger partial charge on any atom is -0.458 e. The van der Waals surface area contributed by atoms with E-state index < -0.39 is 65.5 Å². The fraction of sp³-hybridized carbons (Fsp3) is 0.457. The lowest BCUT2D eigenvalue weighted by Gasteiger charge is -2.35. The summed E-state index contributed by atoms with van der Waals surface area (Å²) in [4.78, 5) is 68.0. The van der Waals surface area contributed by atoms with Gasteiger partial charge < -0.3 is 30.7 Å². The topological polar surface area (TPSA) is 157 Å². The second-order valence-electron chi connectivity index (χ2n) is 13.2. The van der Waals surface area contributed by atoms with Gasteiger partial charge in [0.15, 0.2) is 0 Å². The Morgan fingerprint density at radius 3 is 2.04 bits per heavy atom. The second-order valence-corrected chi connectivity index (χ2v) is 13.2. The molecule has 2 rings (SSSR count). The molecule has 0 heterocycles. The number of nitrogens with zero attached hydrogens (tertiary/aromatic N) is 1. The van der Waals surface area contributed by atoms with Crippen molar-refractivity contribution < 1.29 is 33.4 Å². The van der Waals surface area contributed by atoms with Gasteiger partial charge in [0.25, 0.3) is 0 Å². The molecule has 0 radical (unpaired) electrons. The molecule has 250 valence electrons. The van der Waals surface area contributed by atoms with Gasteiger partial charge in [0, 0.05) is 13.0 Å². The first-order chi connectivity index (χ1) is 21.3. The highest BCUT2D eigenvalue weighted by Gasteiger charge is 2.39. The van der Waals surface area contributed by atoms with E-state index in [-0.39, 0.29) is 13.0 Å². The standard InChI is InChI=1S/C35H48N4O7/c1-10-18-39(31(42)26(21-28(36)40)38-33(44)46-35(7,8)9)29(25-19-22(2)16-17-23(25)3)30(41)37-27(32(43)45-34(4,5)6)20-24-14-12-11-13-15-24/h10-17,19,26-27,29H,1,18,20-21H2,2-9H3,(H2,36,40)(H,37,41)(H,38,44). The number of esters is 1. The number of aryl methyl sites for hydroxylation is 2. The molecule has 11 nitrogen and oxygen atoms in total. The molecule has 0 aliphatic heterocycles. The van der Waals surface area contributed by atoms with Crippen molar-refractivity contribution in [3.8, 4) is 0 Å². The summed E-state index contributed by atoms with van der Waals surface area (Å²) in [6.45, 7) is 17.4. The quantitative estimate of drug-likeness (QED) is 0.220. The molecular formula is C35H48N4O7. The molecule has 2 aromatic rings. The van der Waals surface area contributed by atoms with Crippen LogP contribution in [0.2, 0.25) is 0 Å². The Bertz CT molecular complexity index is 1410. The largest absolute Gasteiger partial charge is 0.458 e. The molecule has 11 heteroatoms. The lowest BCUT2D eigenvalue weighted by Crippen LogP contribution is -2.55. The average Bonchev–Trinajstić information content (AvgIpc) is 2.92. The molecule has 4 N–H and O–H groups in total. The number of primary amides is 1. The van der Waals surface area contributed by atoms with Gasteiger partial charge in [-0.15, -0.1) is 6.58 Å². The summed E-state index contributed by atoms with van der Waals surface area (Å²) in [7, 11) is 0. The van der Waals surface area contributed by atoms with Gasteiger partial charge in [-0.1, -0.05) is 60.2 Å². The number of alkyl carbamates (subject to hydrolysis) is 1. The third-order valence-corrected chi connectivity index (χ3v) is 6.58. The molecule has 0 saturated heterocycles. The van der Waals surface area contributed by atoms with Crippen LogP contribution in [0, 0.1) is 13.8 Å². The van der Waals surface area contributed by atoms with Crippen LogP contribution in [0.4, 0.5) is 4.79 Å². The smallest absolute Gasteiger partial charge is 0.408 e. The van der Waals surface area contributed by atoms with Crippen molar-refractivity contribution in [2.24, 2.45) is 5.73 Å². The fourth-order valence-corrected chi connectivity index (χ4v) is 4.68. The van der Waals surface area contributed by atoms with Gasteiger partial charge in [0.2, 0.25) is 17.7 Å². The maximum atomic E-state index is 14.4. The Balaban J connectivity index is 2.65. The lowest BCUT2D eigenvalue weighted by atomic mass is 9.95. The molecule has 4 amide bonds. The van der Waals surface area contributed by atoms with Crippen LogP contribution in [0.5, 0.6) is 0 Å². The number of nitrogens with one attached hydrogen (secondary N) is 2. The SMILES string of the molecule is C=CCN(C(=O)C(CC(N)=O)NC(=O)OC(C)(C)C)C(C(=O)NC(Cc1ccccc1)C(=O)OC(C)(C)C)c1cc(C)ccc1C. The maximum absolute atomic E-state index is 14.4. The molecule has 0 aliphatic rings. The summed E-state index contributed by atoms with van der Waals surface area (Å²) >= 11 is 0. The first kappa shape index (κ1) is 37.5. The van der Waals surface area contributed by atoms with Gasteiger partial charge in [0.1, 0.15) is 29.3 Å². The fourth-order valence-electron chi connectivity index (χ4n) is 4.68. The zero-order chi connectivity index (χ0) is 34.8. The number of hydrogen-bond acceptors (Lipinski definition) is 7. The number of ether oxygens (including phenoxy) is 2. The number of nitrogens with two attached hydrogens (primary N) is 1. The zero-order valence-corrected chi connectivity index (χ0v) is 28.1. The summed E-state index contributed by atoms with van der Waals surface area (Å²) in [5.74, 6) is -2.95. The van der Waals surface area contributed by atoms with E-state index in [2.05, 4.69) is 17.2 Å². The number of carbonyl (C=O) groups excluding carboxylic acids is 5. The van der Waals surface area contributed by atoms with Crippen molar-refractivity contribution in [1.29, 1.82) is 0 Å². The van der Waals surface area contributed by atoms with E-state index in [1.165, 1.54) is 11.0 Å². The third-order valence-electron chi connectivity index (χ3n) is 6.58. The number of hydrogen-bond donors (Lipinski definition) is 3. The first-order valence-corrected chi connectivity index (χ1v) is 15.1. The zero-order valence-electron chi connectivity index (χ0n) is 28.1. The minimum absolute atomic E-state index is 0.126. The number of amides is 4. The van der Waals surface area contributed by atoms with Crippen molar-refractivity contribution in [2.45, 2.75) is 97.6 Å². The van der Waals surface area contributed by atoms with Crippen LogP contribution in [0.25, 0.3) is 0 Å². The number of carbonyl (C=O) groups is 5. The summed E-state index contributed by atoms with van der Waals surface area (Å²) in [5.41, 5.74) is 6.52. The molecule has 0 aliphatic carbocycles. The summed E-state index contributed by atoms with van der Waals surface area (Å²) < 4.78 is 11.0. The Morgan fingerprint density at radius 2 is 1.50 bits per heavy atom. The van der Waals surface area contributed by atoms with Crippen LogP contribution < -0.4 is 16.4 Å². The van der Waals surface area contributed by atoms with Crippen molar-refractivity contribution in [3.05, 3.63) is 83.4 Å². The second kappa shape index (κ2) is 16.1. The van der Waals surface area contributed by atoms with Crippen LogP contribution in [0.1, 0.15) is 76.3 Å². The molecule has 46 heavy (non-hydrogen) atoms. The van der Waals surface area contributed by atoms with Crippen molar-refractivity contribution in [2.75, 3.05) is 6.54 Å². The van der Waals surface area contributed by atoms with Crippen LogP contribution in [-0.2, 0) is 35.1 Å². The predicted molar refractivity (Wildman–Crippen MR) is 175 cm³/mol. The van der Waals surface area contributed by atoms with Crippen molar-refractivity contribution >= 4 is 29.8 Å². The molecule has 0 saturated carbocycles. The Labute approximate surface area is 271 Å².